The number of halogens is 2. The predicted molar refractivity (Wildman–Crippen MR) is 147 cm³/mol. The van der Waals surface area contributed by atoms with Crippen LogP contribution >= 0.6 is 45.2 Å². The van der Waals surface area contributed by atoms with Gasteiger partial charge in [-0.15, -0.1) is 0 Å². The van der Waals surface area contributed by atoms with Gasteiger partial charge in [-0.25, -0.2) is 0 Å². The third-order valence-electron chi connectivity index (χ3n) is 5.98. The Bertz CT molecular complexity index is 1380. The highest BCUT2D eigenvalue weighted by molar-refractivity contribution is 14.1. The Hall–Kier alpha value is -2.18. The van der Waals surface area contributed by atoms with Crippen molar-refractivity contribution >= 4 is 88.3 Å². The maximum atomic E-state index is 2.51. The van der Waals surface area contributed by atoms with Crippen LogP contribution in [0.4, 0.5) is 0 Å². The van der Waals surface area contributed by atoms with Crippen molar-refractivity contribution in [2.24, 2.45) is 0 Å². The molecule has 0 unspecified atom stereocenters. The molecule has 6 aromatic carbocycles. The molecule has 0 spiro atoms. The molecule has 6 aromatic rings. The van der Waals surface area contributed by atoms with Gasteiger partial charge in [-0.2, -0.15) is 0 Å². The molecule has 0 nitrogen and oxygen atoms in total. The number of hydrogen-bond acceptors (Lipinski definition) is 0. The second-order valence-corrected chi connectivity index (χ2v) is 9.72. The van der Waals surface area contributed by atoms with Crippen LogP contribution in [0.25, 0.3) is 54.2 Å². The first-order chi connectivity index (χ1) is 14.8. The fraction of sp³-hybridized carbons (Fsp3) is 0. The molecule has 0 aliphatic rings. The smallest absolute Gasteiger partial charge is 0.0287 e. The Labute approximate surface area is 202 Å². The van der Waals surface area contributed by atoms with Crippen molar-refractivity contribution in [3.8, 4) is 11.1 Å². The van der Waals surface area contributed by atoms with Crippen molar-refractivity contribution in [3.63, 3.8) is 0 Å². The summed E-state index contributed by atoms with van der Waals surface area (Å²) in [5.41, 5.74) is 2.68. The van der Waals surface area contributed by atoms with Crippen LogP contribution in [0.5, 0.6) is 0 Å². The van der Waals surface area contributed by atoms with E-state index in [4.69, 9.17) is 0 Å². The van der Waals surface area contributed by atoms with Crippen molar-refractivity contribution in [2.45, 2.75) is 0 Å². The third kappa shape index (κ3) is 2.63. The van der Waals surface area contributed by atoms with Crippen molar-refractivity contribution in [3.05, 3.63) is 104 Å². The average Bonchev–Trinajstić information content (AvgIpc) is 2.81. The van der Waals surface area contributed by atoms with Crippen molar-refractivity contribution in [1.29, 1.82) is 0 Å². The van der Waals surface area contributed by atoms with Crippen LogP contribution < -0.4 is 0 Å². The summed E-state index contributed by atoms with van der Waals surface area (Å²) < 4.78 is 2.64. The van der Waals surface area contributed by atoms with Gasteiger partial charge in [0.1, 0.15) is 0 Å². The normalized spacial score (nSPS) is 11.7. The molecule has 0 aliphatic heterocycles. The lowest BCUT2D eigenvalue weighted by Gasteiger charge is -2.19. The molecular formula is C28H16I2. The Balaban J connectivity index is 1.97. The monoisotopic (exact) mass is 606 g/mol. The second-order valence-electron chi connectivity index (χ2n) is 7.56. The molecule has 0 radical (unpaired) electrons. The van der Waals surface area contributed by atoms with E-state index in [1.54, 1.807) is 0 Å². The minimum atomic E-state index is 1.32. The minimum Gasteiger partial charge on any atom is -0.0616 e. The van der Waals surface area contributed by atoms with Crippen LogP contribution in [-0.2, 0) is 0 Å². The largest absolute Gasteiger partial charge is 0.0616 e. The lowest BCUT2D eigenvalue weighted by Crippen LogP contribution is -1.93. The quantitative estimate of drug-likeness (QED) is 0.129. The fourth-order valence-corrected chi connectivity index (χ4v) is 6.57. The number of fused-ring (bicyclic) bond motifs is 4. The van der Waals surface area contributed by atoms with Crippen molar-refractivity contribution in [1.82, 2.24) is 0 Å². The van der Waals surface area contributed by atoms with E-state index in [0.717, 1.165) is 0 Å². The zero-order chi connectivity index (χ0) is 20.2. The average molecular weight is 606 g/mol. The Morgan fingerprint density at radius 3 is 0.733 bits per heavy atom. The predicted octanol–water partition coefficient (Wildman–Crippen LogP) is 9.18. The van der Waals surface area contributed by atoms with E-state index in [-0.39, 0.29) is 0 Å². The fourth-order valence-electron chi connectivity index (χ4n) is 4.69. The van der Waals surface area contributed by atoms with E-state index in [0.29, 0.717) is 0 Å². The maximum absolute atomic E-state index is 2.51. The summed E-state index contributed by atoms with van der Waals surface area (Å²) in [6, 6.07) is 35.4. The van der Waals surface area contributed by atoms with Crippen LogP contribution in [-0.4, -0.2) is 0 Å². The summed E-state index contributed by atoms with van der Waals surface area (Å²) in [4.78, 5) is 0. The molecule has 142 valence electrons. The number of benzene rings is 6. The maximum Gasteiger partial charge on any atom is 0.0287 e. The van der Waals surface area contributed by atoms with Gasteiger partial charge in [0.15, 0.2) is 0 Å². The number of hydrogen-bond donors (Lipinski definition) is 0. The van der Waals surface area contributed by atoms with E-state index < -0.39 is 0 Å². The van der Waals surface area contributed by atoms with E-state index in [9.17, 15) is 0 Å². The van der Waals surface area contributed by atoms with Crippen LogP contribution in [0.1, 0.15) is 0 Å². The molecular weight excluding hydrogens is 590 g/mol. The Kier molecular flexibility index (Phi) is 4.46. The topological polar surface area (TPSA) is 0 Å². The van der Waals surface area contributed by atoms with Gasteiger partial charge in [-0.1, -0.05) is 97.1 Å². The molecule has 0 heterocycles. The lowest BCUT2D eigenvalue weighted by molar-refractivity contribution is 1.70. The lowest BCUT2D eigenvalue weighted by atomic mass is 9.86. The summed E-state index contributed by atoms with van der Waals surface area (Å²) in [7, 11) is 0. The van der Waals surface area contributed by atoms with E-state index in [1.807, 2.05) is 0 Å². The van der Waals surface area contributed by atoms with Gasteiger partial charge in [0.25, 0.3) is 0 Å². The molecule has 0 bridgehead atoms. The molecule has 0 amide bonds. The van der Waals surface area contributed by atoms with Crippen molar-refractivity contribution < 1.29 is 0 Å². The first kappa shape index (κ1) is 18.6. The zero-order valence-electron chi connectivity index (χ0n) is 16.0. The summed E-state index contributed by atoms with van der Waals surface area (Å²) in [5, 5.41) is 10.5. The summed E-state index contributed by atoms with van der Waals surface area (Å²) in [6.07, 6.45) is 0. The van der Waals surface area contributed by atoms with Gasteiger partial charge in [0.2, 0.25) is 0 Å². The molecule has 30 heavy (non-hydrogen) atoms. The van der Waals surface area contributed by atoms with E-state index >= 15 is 0 Å². The van der Waals surface area contributed by atoms with Gasteiger partial charge in [-0.05, 0) is 99.4 Å². The molecule has 6 rings (SSSR count). The van der Waals surface area contributed by atoms with Gasteiger partial charge in [0, 0.05) is 7.14 Å². The van der Waals surface area contributed by atoms with Crippen LogP contribution in [0.2, 0.25) is 0 Å². The Morgan fingerprint density at radius 1 is 0.300 bits per heavy atom. The molecule has 0 aliphatic carbocycles. The van der Waals surface area contributed by atoms with Gasteiger partial charge in [0.05, 0.1) is 0 Å². The van der Waals surface area contributed by atoms with Gasteiger partial charge in [-0.3, -0.25) is 0 Å². The van der Waals surface area contributed by atoms with Gasteiger partial charge < -0.3 is 0 Å². The molecule has 0 saturated carbocycles. The highest BCUT2D eigenvalue weighted by Crippen LogP contribution is 2.46. The van der Waals surface area contributed by atoms with Crippen molar-refractivity contribution in [2.75, 3.05) is 0 Å². The second kappa shape index (κ2) is 7.20. The molecule has 2 heteroatoms. The SMILES string of the molecule is Ic1c2ccccc2c(-c2c3ccccc3c(I)c3ccccc23)c2ccccc12. The molecule has 0 N–H and O–H groups in total. The molecule has 0 saturated heterocycles. The molecule has 0 fully saturated rings. The molecule has 0 aromatic heterocycles. The summed E-state index contributed by atoms with van der Waals surface area (Å²) in [6.45, 7) is 0. The molecule has 0 atom stereocenters. The minimum absolute atomic E-state index is 1.32. The summed E-state index contributed by atoms with van der Waals surface area (Å²) >= 11 is 5.03. The Morgan fingerprint density at radius 2 is 0.500 bits per heavy atom. The third-order valence-corrected chi connectivity index (χ3v) is 8.31. The van der Waals surface area contributed by atoms with E-state index in [1.165, 1.54) is 61.4 Å². The van der Waals surface area contributed by atoms with Crippen LogP contribution in [0.3, 0.4) is 0 Å². The van der Waals surface area contributed by atoms with Crippen LogP contribution in [0.15, 0.2) is 97.1 Å². The van der Waals surface area contributed by atoms with E-state index in [2.05, 4.69) is 142 Å². The first-order valence-electron chi connectivity index (χ1n) is 9.94. The van der Waals surface area contributed by atoms with Crippen LogP contribution in [0, 0.1) is 7.14 Å². The zero-order valence-corrected chi connectivity index (χ0v) is 20.3. The highest BCUT2D eigenvalue weighted by atomic mass is 127. The highest BCUT2D eigenvalue weighted by Gasteiger charge is 2.19. The van der Waals surface area contributed by atoms with Gasteiger partial charge >= 0.3 is 0 Å². The summed E-state index contributed by atoms with van der Waals surface area (Å²) in [5.74, 6) is 0. The number of rotatable bonds is 1. The first-order valence-corrected chi connectivity index (χ1v) is 12.1. The standard InChI is InChI=1S/C28H16I2/c29-27-21-13-5-1-9-17(21)25(18-10-2-6-14-22(18)27)26-19-11-3-7-15-23(19)28(30)24-16-8-4-12-20(24)26/h1-16H.